The number of nitrogens with zero attached hydrogens (tertiary/aromatic N) is 2. The smallest absolute Gasteiger partial charge is 0.190 e. The van der Waals surface area contributed by atoms with Crippen LogP contribution in [0.3, 0.4) is 0 Å². The Bertz CT molecular complexity index is 841. The van der Waals surface area contributed by atoms with E-state index in [0.29, 0.717) is 0 Å². The van der Waals surface area contributed by atoms with Gasteiger partial charge in [-0.1, -0.05) is 19.4 Å². The fourth-order valence-corrected chi connectivity index (χ4v) is 3.41. The maximum Gasteiger partial charge on any atom is 0.190 e. The van der Waals surface area contributed by atoms with Crippen molar-refractivity contribution in [1.82, 2.24) is 4.57 Å². The summed E-state index contributed by atoms with van der Waals surface area (Å²) in [5.74, 6) is 0.902. The third-order valence-corrected chi connectivity index (χ3v) is 4.89. The van der Waals surface area contributed by atoms with Crippen molar-refractivity contribution in [2.45, 2.75) is 40.2 Å². The van der Waals surface area contributed by atoms with E-state index in [0.717, 1.165) is 41.3 Å². The first-order valence-corrected chi connectivity index (χ1v) is 8.91. The van der Waals surface area contributed by atoms with Crippen molar-refractivity contribution < 1.29 is 4.42 Å². The van der Waals surface area contributed by atoms with Gasteiger partial charge in [0.2, 0.25) is 0 Å². The van der Waals surface area contributed by atoms with Crippen LogP contribution in [-0.2, 0) is 6.54 Å². The lowest BCUT2D eigenvalue weighted by molar-refractivity contribution is 0.562. The predicted octanol–water partition coefficient (Wildman–Crippen LogP) is 5.46. The summed E-state index contributed by atoms with van der Waals surface area (Å²) in [4.78, 5) is 5.89. The highest BCUT2D eigenvalue weighted by atomic mass is 32.1. The SMILES string of the molecule is CCCCn1c(-c2ccco2)csc1=Nc1ccc(C)c(C)c1. The fourth-order valence-electron chi connectivity index (χ4n) is 2.48. The van der Waals surface area contributed by atoms with Gasteiger partial charge in [-0.2, -0.15) is 0 Å². The Morgan fingerprint density at radius 2 is 2.04 bits per heavy atom. The molecule has 0 unspecified atom stereocenters. The number of aryl methyl sites for hydroxylation is 2. The standard InChI is InChI=1S/C19H22N2OS/c1-4-5-10-21-17(18-7-6-11-22-18)13-23-19(21)20-16-9-8-14(2)15(3)12-16/h6-9,11-13H,4-5,10H2,1-3H3. The summed E-state index contributed by atoms with van der Waals surface area (Å²) in [6.45, 7) is 7.42. The monoisotopic (exact) mass is 326 g/mol. The quantitative estimate of drug-likeness (QED) is 0.612. The minimum Gasteiger partial charge on any atom is -0.463 e. The number of aromatic nitrogens is 1. The summed E-state index contributed by atoms with van der Waals surface area (Å²) in [6.07, 6.45) is 4.01. The van der Waals surface area contributed by atoms with E-state index in [-0.39, 0.29) is 0 Å². The van der Waals surface area contributed by atoms with Crippen LogP contribution in [0.2, 0.25) is 0 Å². The van der Waals surface area contributed by atoms with E-state index in [2.05, 4.69) is 48.9 Å². The van der Waals surface area contributed by atoms with Crippen molar-refractivity contribution in [3.63, 3.8) is 0 Å². The molecule has 3 aromatic rings. The molecule has 0 saturated heterocycles. The third-order valence-electron chi connectivity index (χ3n) is 4.02. The molecule has 0 saturated carbocycles. The van der Waals surface area contributed by atoms with E-state index in [1.807, 2.05) is 12.1 Å². The normalized spacial score (nSPS) is 12.0. The molecule has 3 nitrogen and oxygen atoms in total. The van der Waals surface area contributed by atoms with Crippen LogP contribution in [-0.4, -0.2) is 4.57 Å². The van der Waals surface area contributed by atoms with E-state index in [9.17, 15) is 0 Å². The number of hydrogen-bond donors (Lipinski definition) is 0. The largest absolute Gasteiger partial charge is 0.463 e. The molecule has 120 valence electrons. The Hall–Kier alpha value is -2.07. The number of furan rings is 1. The minimum atomic E-state index is 0.902. The summed E-state index contributed by atoms with van der Waals surface area (Å²) in [7, 11) is 0. The van der Waals surface area contributed by atoms with E-state index < -0.39 is 0 Å². The summed E-state index contributed by atoms with van der Waals surface area (Å²) in [6, 6.07) is 10.3. The highest BCUT2D eigenvalue weighted by Crippen LogP contribution is 2.22. The van der Waals surface area contributed by atoms with Crippen molar-refractivity contribution in [3.05, 3.63) is 57.9 Å². The zero-order chi connectivity index (χ0) is 16.2. The Morgan fingerprint density at radius 1 is 1.17 bits per heavy atom. The molecule has 0 fully saturated rings. The van der Waals surface area contributed by atoms with Crippen LogP contribution < -0.4 is 4.80 Å². The second-order valence-electron chi connectivity index (χ2n) is 5.77. The molecule has 0 amide bonds. The molecule has 2 heterocycles. The van der Waals surface area contributed by atoms with Crippen molar-refractivity contribution in [2.75, 3.05) is 0 Å². The lowest BCUT2D eigenvalue weighted by Gasteiger charge is -2.06. The Morgan fingerprint density at radius 3 is 2.74 bits per heavy atom. The van der Waals surface area contributed by atoms with Crippen molar-refractivity contribution in [1.29, 1.82) is 0 Å². The molecular weight excluding hydrogens is 304 g/mol. The first kappa shape index (κ1) is 15.8. The van der Waals surface area contributed by atoms with Gasteiger partial charge in [-0.3, -0.25) is 0 Å². The number of rotatable bonds is 5. The predicted molar refractivity (Wildman–Crippen MR) is 96.1 cm³/mol. The van der Waals surface area contributed by atoms with Gasteiger partial charge >= 0.3 is 0 Å². The lowest BCUT2D eigenvalue weighted by atomic mass is 10.1. The van der Waals surface area contributed by atoms with Crippen molar-refractivity contribution in [2.24, 2.45) is 4.99 Å². The summed E-state index contributed by atoms with van der Waals surface area (Å²) in [5, 5.41) is 2.13. The summed E-state index contributed by atoms with van der Waals surface area (Å²) < 4.78 is 7.85. The van der Waals surface area contributed by atoms with Gasteiger partial charge in [-0.15, -0.1) is 11.3 Å². The van der Waals surface area contributed by atoms with Crippen LogP contribution in [0.4, 0.5) is 5.69 Å². The van der Waals surface area contributed by atoms with Gasteiger partial charge in [0.1, 0.15) is 0 Å². The molecule has 0 bridgehead atoms. The second-order valence-corrected chi connectivity index (χ2v) is 6.60. The van der Waals surface area contributed by atoms with E-state index in [1.54, 1.807) is 17.6 Å². The van der Waals surface area contributed by atoms with Gasteiger partial charge < -0.3 is 8.98 Å². The molecule has 23 heavy (non-hydrogen) atoms. The van der Waals surface area contributed by atoms with Crippen LogP contribution in [0.15, 0.2) is 51.4 Å². The Balaban J connectivity index is 2.07. The van der Waals surface area contributed by atoms with E-state index >= 15 is 0 Å². The van der Waals surface area contributed by atoms with Gasteiger partial charge in [0.25, 0.3) is 0 Å². The number of unbranched alkanes of at least 4 members (excludes halogenated alkanes) is 1. The zero-order valence-electron chi connectivity index (χ0n) is 13.9. The molecule has 4 heteroatoms. The fraction of sp³-hybridized carbons (Fsp3) is 0.316. The highest BCUT2D eigenvalue weighted by molar-refractivity contribution is 7.07. The number of benzene rings is 1. The average Bonchev–Trinajstić information content (AvgIpc) is 3.18. The van der Waals surface area contributed by atoms with E-state index in [4.69, 9.17) is 9.41 Å². The number of hydrogen-bond acceptors (Lipinski definition) is 3. The van der Waals surface area contributed by atoms with Gasteiger partial charge in [-0.25, -0.2) is 4.99 Å². The molecule has 0 radical (unpaired) electrons. The molecule has 0 aliphatic carbocycles. The van der Waals surface area contributed by atoms with Crippen molar-refractivity contribution >= 4 is 17.0 Å². The van der Waals surface area contributed by atoms with Gasteiger partial charge in [0, 0.05) is 11.9 Å². The molecule has 0 atom stereocenters. The summed E-state index contributed by atoms with van der Waals surface area (Å²) in [5.41, 5.74) is 4.68. The highest BCUT2D eigenvalue weighted by Gasteiger charge is 2.10. The first-order valence-electron chi connectivity index (χ1n) is 8.03. The maximum atomic E-state index is 5.58. The molecule has 2 aromatic heterocycles. The molecule has 0 aliphatic heterocycles. The Kier molecular flexibility index (Phi) is 4.82. The lowest BCUT2D eigenvalue weighted by Crippen LogP contribution is -2.15. The van der Waals surface area contributed by atoms with Crippen molar-refractivity contribution in [3.8, 4) is 11.5 Å². The Labute approximate surface area is 140 Å². The average molecular weight is 326 g/mol. The number of thiazole rings is 1. The summed E-state index contributed by atoms with van der Waals surface area (Å²) >= 11 is 1.67. The van der Waals surface area contributed by atoms with Gasteiger partial charge in [0.15, 0.2) is 10.6 Å². The maximum absolute atomic E-state index is 5.58. The van der Waals surface area contributed by atoms with Crippen LogP contribution in [0.25, 0.3) is 11.5 Å². The van der Waals surface area contributed by atoms with Crippen LogP contribution >= 0.6 is 11.3 Å². The molecule has 0 aliphatic rings. The molecule has 3 rings (SSSR count). The minimum absolute atomic E-state index is 0.902. The first-order chi connectivity index (χ1) is 11.2. The van der Waals surface area contributed by atoms with Crippen LogP contribution in [0, 0.1) is 13.8 Å². The molecular formula is C19H22N2OS. The molecule has 0 N–H and O–H groups in total. The van der Waals surface area contributed by atoms with E-state index in [1.165, 1.54) is 11.1 Å². The molecule has 1 aromatic carbocycles. The third kappa shape index (κ3) is 3.48. The second kappa shape index (κ2) is 7.01. The molecule has 0 spiro atoms. The topological polar surface area (TPSA) is 30.4 Å². The zero-order valence-corrected chi connectivity index (χ0v) is 14.7. The van der Waals surface area contributed by atoms with Crippen LogP contribution in [0.5, 0.6) is 0 Å². The van der Waals surface area contributed by atoms with Gasteiger partial charge in [0.05, 0.1) is 17.6 Å². The van der Waals surface area contributed by atoms with Gasteiger partial charge in [-0.05, 0) is 55.7 Å². The van der Waals surface area contributed by atoms with Crippen LogP contribution in [0.1, 0.15) is 30.9 Å².